The van der Waals surface area contributed by atoms with Gasteiger partial charge < -0.3 is 5.32 Å². The van der Waals surface area contributed by atoms with Gasteiger partial charge in [-0.05, 0) is 30.2 Å². The number of nitrogens with one attached hydrogen (secondary N) is 1. The van der Waals surface area contributed by atoms with Crippen molar-refractivity contribution in [1.82, 2.24) is 20.0 Å². The minimum Gasteiger partial charge on any atom is -0.311 e. The van der Waals surface area contributed by atoms with E-state index in [0.29, 0.717) is 24.5 Å². The van der Waals surface area contributed by atoms with E-state index in [0.717, 1.165) is 11.0 Å². The summed E-state index contributed by atoms with van der Waals surface area (Å²) in [5, 5.41) is 11.4. The second kappa shape index (κ2) is 6.71. The van der Waals surface area contributed by atoms with Crippen LogP contribution in [0.4, 0.5) is 5.82 Å². The van der Waals surface area contributed by atoms with Crippen molar-refractivity contribution in [2.45, 2.75) is 19.9 Å². The van der Waals surface area contributed by atoms with Crippen LogP contribution in [0.5, 0.6) is 0 Å². The number of benzene rings is 1. The molecule has 2 aromatic heterocycles. The van der Waals surface area contributed by atoms with Gasteiger partial charge in [-0.15, -0.1) is 0 Å². The fraction of sp³-hybridized carbons (Fsp3) is 0.176. The van der Waals surface area contributed by atoms with Crippen molar-refractivity contribution in [2.24, 2.45) is 0 Å². The topological polar surface area (TPSA) is 72.7 Å². The molecule has 0 atom stereocenters. The third-order valence-corrected chi connectivity index (χ3v) is 3.03. The molecule has 0 bridgehead atoms. The lowest BCUT2D eigenvalue weighted by Crippen LogP contribution is -2.07. The van der Waals surface area contributed by atoms with E-state index in [-0.39, 0.29) is 5.91 Å². The molecule has 0 saturated heterocycles. The van der Waals surface area contributed by atoms with Crippen LogP contribution in [-0.4, -0.2) is 25.9 Å². The molecular weight excluding hydrogens is 290 g/mol. The number of carbonyl (C=O) groups excluding carboxylic acids is 1. The molecule has 0 fully saturated rings. The lowest BCUT2D eigenvalue weighted by atomic mass is 10.3. The molecule has 23 heavy (non-hydrogen) atoms. The molecule has 1 amide bonds. The molecule has 1 aromatic carbocycles. The monoisotopic (exact) mass is 305 g/mol. The Morgan fingerprint density at radius 3 is 2.57 bits per heavy atom. The molecule has 3 rings (SSSR count). The predicted molar refractivity (Wildman–Crippen MR) is 87.6 cm³/mol. The fourth-order valence-electron chi connectivity index (χ4n) is 2.07. The minimum atomic E-state index is -0.153. The smallest absolute Gasteiger partial charge is 0.222 e. The molecule has 2 heterocycles. The number of anilines is 1. The fourth-order valence-corrected chi connectivity index (χ4v) is 2.07. The maximum absolute atomic E-state index is 11.0. The van der Waals surface area contributed by atoms with Crippen LogP contribution in [0, 0.1) is 11.8 Å². The number of hydrogen-bond acceptors (Lipinski definition) is 4. The van der Waals surface area contributed by atoms with Gasteiger partial charge >= 0.3 is 0 Å². The molecule has 0 radical (unpaired) electrons. The first-order valence-corrected chi connectivity index (χ1v) is 7.24. The molecule has 0 spiro atoms. The Balaban J connectivity index is 1.62. The van der Waals surface area contributed by atoms with E-state index in [1.165, 1.54) is 6.92 Å². The van der Waals surface area contributed by atoms with Crippen LogP contribution in [-0.2, 0) is 11.3 Å². The Kier molecular flexibility index (Phi) is 4.29. The second-order valence-electron chi connectivity index (χ2n) is 4.93. The number of nitrogens with zero attached hydrogens (tertiary/aromatic N) is 4. The molecular formula is C17H15N5O. The van der Waals surface area contributed by atoms with E-state index in [9.17, 15) is 4.79 Å². The van der Waals surface area contributed by atoms with Crippen LogP contribution >= 0.6 is 0 Å². The lowest BCUT2D eigenvalue weighted by Gasteiger charge is -2.00. The summed E-state index contributed by atoms with van der Waals surface area (Å²) >= 11 is 0. The average Bonchev–Trinajstić information content (AvgIpc) is 2.94. The standard InChI is InChI=1S/C17H15N5O/c1-13(23)18-17-11-6-8-14(19-17)7-4-5-12-22-20-15-9-2-3-10-16(15)21-22/h2-3,6,8-11H,5,12H2,1H3,(H,18,19,23). The van der Waals surface area contributed by atoms with Crippen molar-refractivity contribution in [3.8, 4) is 11.8 Å². The van der Waals surface area contributed by atoms with Gasteiger partial charge in [-0.2, -0.15) is 15.0 Å². The quantitative estimate of drug-likeness (QED) is 0.753. The second-order valence-corrected chi connectivity index (χ2v) is 4.93. The molecule has 114 valence electrons. The Bertz CT molecular complexity index is 871. The summed E-state index contributed by atoms with van der Waals surface area (Å²) < 4.78 is 0. The summed E-state index contributed by atoms with van der Waals surface area (Å²) in [5.74, 6) is 6.38. The van der Waals surface area contributed by atoms with Gasteiger partial charge in [-0.1, -0.05) is 24.1 Å². The van der Waals surface area contributed by atoms with Crippen molar-refractivity contribution < 1.29 is 4.79 Å². The Hall–Kier alpha value is -3.20. The molecule has 0 saturated carbocycles. The van der Waals surface area contributed by atoms with E-state index in [1.807, 2.05) is 30.3 Å². The Morgan fingerprint density at radius 1 is 1.13 bits per heavy atom. The molecule has 0 aliphatic heterocycles. The third-order valence-electron chi connectivity index (χ3n) is 3.03. The molecule has 0 aliphatic rings. The van der Waals surface area contributed by atoms with Crippen LogP contribution in [0.2, 0.25) is 0 Å². The Morgan fingerprint density at radius 2 is 1.87 bits per heavy atom. The van der Waals surface area contributed by atoms with Crippen LogP contribution in [0.1, 0.15) is 19.0 Å². The summed E-state index contributed by atoms with van der Waals surface area (Å²) in [7, 11) is 0. The zero-order valence-electron chi connectivity index (χ0n) is 12.7. The van der Waals surface area contributed by atoms with E-state index in [1.54, 1.807) is 16.9 Å². The number of amides is 1. The summed E-state index contributed by atoms with van der Waals surface area (Å²) in [6.45, 7) is 2.06. The molecule has 6 heteroatoms. The Labute approximate surface area is 133 Å². The first-order valence-electron chi connectivity index (χ1n) is 7.24. The maximum atomic E-state index is 11.0. The van der Waals surface area contributed by atoms with E-state index in [4.69, 9.17) is 0 Å². The number of carbonyl (C=O) groups is 1. The van der Waals surface area contributed by atoms with Gasteiger partial charge in [0.1, 0.15) is 22.5 Å². The number of aryl methyl sites for hydroxylation is 1. The van der Waals surface area contributed by atoms with Crippen LogP contribution in [0.3, 0.4) is 0 Å². The van der Waals surface area contributed by atoms with Crippen LogP contribution in [0.15, 0.2) is 42.5 Å². The molecule has 0 aliphatic carbocycles. The van der Waals surface area contributed by atoms with Gasteiger partial charge in [0.15, 0.2) is 0 Å². The van der Waals surface area contributed by atoms with Gasteiger partial charge in [0.25, 0.3) is 0 Å². The normalized spacial score (nSPS) is 10.1. The lowest BCUT2D eigenvalue weighted by molar-refractivity contribution is -0.114. The summed E-state index contributed by atoms with van der Waals surface area (Å²) in [5.41, 5.74) is 2.38. The molecule has 3 aromatic rings. The van der Waals surface area contributed by atoms with Gasteiger partial charge in [0.05, 0.1) is 6.54 Å². The summed E-state index contributed by atoms with van der Waals surface area (Å²) in [6.07, 6.45) is 0.618. The van der Waals surface area contributed by atoms with Gasteiger partial charge in [-0.25, -0.2) is 4.98 Å². The van der Waals surface area contributed by atoms with Gasteiger partial charge in [0.2, 0.25) is 5.91 Å². The zero-order chi connectivity index (χ0) is 16.1. The highest BCUT2D eigenvalue weighted by Crippen LogP contribution is 2.07. The van der Waals surface area contributed by atoms with Crippen molar-refractivity contribution >= 4 is 22.8 Å². The zero-order valence-corrected chi connectivity index (χ0v) is 12.7. The van der Waals surface area contributed by atoms with Crippen molar-refractivity contribution in [3.05, 3.63) is 48.2 Å². The average molecular weight is 305 g/mol. The summed E-state index contributed by atoms with van der Waals surface area (Å²) in [4.78, 5) is 16.9. The van der Waals surface area contributed by atoms with Crippen molar-refractivity contribution in [3.63, 3.8) is 0 Å². The predicted octanol–water partition coefficient (Wildman–Crippen LogP) is 2.23. The molecule has 1 N–H and O–H groups in total. The number of rotatable bonds is 3. The van der Waals surface area contributed by atoms with Crippen molar-refractivity contribution in [1.29, 1.82) is 0 Å². The van der Waals surface area contributed by atoms with Crippen molar-refractivity contribution in [2.75, 3.05) is 5.32 Å². The number of pyridine rings is 1. The van der Waals surface area contributed by atoms with E-state index in [2.05, 4.69) is 32.3 Å². The van der Waals surface area contributed by atoms with Crippen LogP contribution in [0.25, 0.3) is 11.0 Å². The van der Waals surface area contributed by atoms with E-state index < -0.39 is 0 Å². The van der Waals surface area contributed by atoms with Gasteiger partial charge in [-0.3, -0.25) is 4.79 Å². The SMILES string of the molecule is CC(=O)Nc1cccc(C#CCCn2nc3ccccc3n2)n1. The number of fused-ring (bicyclic) bond motifs is 1. The highest BCUT2D eigenvalue weighted by molar-refractivity contribution is 5.87. The molecule has 0 unspecified atom stereocenters. The highest BCUT2D eigenvalue weighted by atomic mass is 16.1. The first kappa shape index (κ1) is 14.7. The minimum absolute atomic E-state index is 0.153. The van der Waals surface area contributed by atoms with Gasteiger partial charge in [0, 0.05) is 13.3 Å². The third kappa shape index (κ3) is 3.92. The first-order chi connectivity index (χ1) is 11.2. The van der Waals surface area contributed by atoms with Crippen LogP contribution < -0.4 is 5.32 Å². The van der Waals surface area contributed by atoms with E-state index >= 15 is 0 Å². The number of hydrogen-bond donors (Lipinski definition) is 1. The highest BCUT2D eigenvalue weighted by Gasteiger charge is 2.00. The number of aromatic nitrogens is 4. The molecule has 6 nitrogen and oxygen atoms in total. The largest absolute Gasteiger partial charge is 0.311 e. The summed E-state index contributed by atoms with van der Waals surface area (Å²) in [6, 6.07) is 13.1. The maximum Gasteiger partial charge on any atom is 0.222 e.